The molecule has 1 saturated heterocycles. The first-order valence-corrected chi connectivity index (χ1v) is 11.8. The van der Waals surface area contributed by atoms with Crippen LogP contribution in [0.3, 0.4) is 0 Å². The summed E-state index contributed by atoms with van der Waals surface area (Å²) in [6.07, 6.45) is 6.61. The Balaban J connectivity index is 1.89. The molecule has 3 rings (SSSR count). The van der Waals surface area contributed by atoms with Crippen molar-refractivity contribution in [3.05, 3.63) is 34.9 Å². The number of carbonyl (C=O) groups is 1. The monoisotopic (exact) mass is 415 g/mol. The lowest BCUT2D eigenvalue weighted by Gasteiger charge is -2.47. The van der Waals surface area contributed by atoms with Crippen molar-refractivity contribution < 1.29 is 14.6 Å². The SMILES string of the molecule is CCCc1cc(C2([C@H]3CCN(C(=O)OC(C)(C)C)C3)CCC(C)(O)CC2)ccc1C. The Labute approximate surface area is 183 Å². The highest BCUT2D eigenvalue weighted by molar-refractivity contribution is 5.68. The number of carbonyl (C=O) groups excluding carboxylic acids is 1. The molecule has 1 aromatic rings. The maximum absolute atomic E-state index is 12.7. The molecule has 0 bridgehead atoms. The standard InChI is InChI=1S/C26H41NO3/c1-7-8-20-17-21(10-9-19(20)2)26(14-12-25(6,29)13-15-26)22-11-16-27(18-22)23(28)30-24(3,4)5/h9-10,17,22,29H,7-8,11-16,18H2,1-6H3/t22-,25?,26?/m0/s1. The van der Waals surface area contributed by atoms with Crippen molar-refractivity contribution in [3.63, 3.8) is 0 Å². The molecule has 1 aliphatic carbocycles. The molecule has 30 heavy (non-hydrogen) atoms. The highest BCUT2D eigenvalue weighted by atomic mass is 16.6. The van der Waals surface area contributed by atoms with Gasteiger partial charge in [-0.25, -0.2) is 4.79 Å². The van der Waals surface area contributed by atoms with Crippen LogP contribution in [0, 0.1) is 12.8 Å². The molecule has 2 fully saturated rings. The Morgan fingerprint density at radius 2 is 1.90 bits per heavy atom. The summed E-state index contributed by atoms with van der Waals surface area (Å²) in [4.78, 5) is 14.6. The summed E-state index contributed by atoms with van der Waals surface area (Å²) >= 11 is 0. The van der Waals surface area contributed by atoms with Gasteiger partial charge in [0.2, 0.25) is 0 Å². The largest absolute Gasteiger partial charge is 0.444 e. The van der Waals surface area contributed by atoms with Gasteiger partial charge >= 0.3 is 6.09 Å². The molecule has 4 nitrogen and oxygen atoms in total. The van der Waals surface area contributed by atoms with Crippen LogP contribution in [0.4, 0.5) is 4.79 Å². The summed E-state index contributed by atoms with van der Waals surface area (Å²) in [6.45, 7) is 13.7. The average molecular weight is 416 g/mol. The number of rotatable bonds is 4. The van der Waals surface area contributed by atoms with Gasteiger partial charge in [-0.15, -0.1) is 0 Å². The smallest absolute Gasteiger partial charge is 0.410 e. The predicted octanol–water partition coefficient (Wildman–Crippen LogP) is 5.77. The fourth-order valence-electron chi connectivity index (χ4n) is 5.39. The van der Waals surface area contributed by atoms with Crippen molar-refractivity contribution in [1.82, 2.24) is 4.90 Å². The van der Waals surface area contributed by atoms with E-state index in [9.17, 15) is 9.90 Å². The first-order chi connectivity index (χ1) is 14.0. The topological polar surface area (TPSA) is 49.8 Å². The minimum absolute atomic E-state index is 0.0230. The van der Waals surface area contributed by atoms with E-state index in [-0.39, 0.29) is 11.5 Å². The summed E-state index contributed by atoms with van der Waals surface area (Å²) < 4.78 is 5.64. The highest BCUT2D eigenvalue weighted by Crippen LogP contribution is 2.51. The fraction of sp³-hybridized carbons (Fsp3) is 0.731. The zero-order valence-corrected chi connectivity index (χ0v) is 19.9. The van der Waals surface area contributed by atoms with E-state index in [0.717, 1.165) is 58.0 Å². The molecule has 0 unspecified atom stereocenters. The van der Waals surface area contributed by atoms with Crippen molar-refractivity contribution in [3.8, 4) is 0 Å². The fourth-order valence-corrected chi connectivity index (χ4v) is 5.39. The number of aryl methyl sites for hydroxylation is 2. The number of ether oxygens (including phenoxy) is 1. The minimum atomic E-state index is -0.579. The van der Waals surface area contributed by atoms with E-state index in [4.69, 9.17) is 4.74 Å². The van der Waals surface area contributed by atoms with Crippen LogP contribution < -0.4 is 0 Å². The van der Waals surface area contributed by atoms with Crippen molar-refractivity contribution >= 4 is 6.09 Å². The van der Waals surface area contributed by atoms with Gasteiger partial charge in [-0.05, 0) is 95.8 Å². The van der Waals surface area contributed by atoms with Crippen molar-refractivity contribution in [1.29, 1.82) is 0 Å². The third kappa shape index (κ3) is 5.01. The molecule has 1 atom stereocenters. The Kier molecular flexibility index (Phi) is 6.57. The van der Waals surface area contributed by atoms with Crippen molar-refractivity contribution in [2.75, 3.05) is 13.1 Å². The zero-order chi connectivity index (χ0) is 22.2. The number of hydrogen-bond acceptors (Lipinski definition) is 3. The summed E-state index contributed by atoms with van der Waals surface area (Å²) in [5.41, 5.74) is 3.18. The molecule has 2 aliphatic rings. The van der Waals surface area contributed by atoms with Crippen LogP contribution in [0.1, 0.15) is 89.8 Å². The second-order valence-electron chi connectivity index (χ2n) is 11.0. The second-order valence-corrected chi connectivity index (χ2v) is 11.0. The molecule has 1 N–H and O–H groups in total. The van der Waals surface area contributed by atoms with E-state index >= 15 is 0 Å². The third-order valence-electron chi connectivity index (χ3n) is 7.28. The van der Waals surface area contributed by atoms with E-state index in [1.807, 2.05) is 32.6 Å². The predicted molar refractivity (Wildman–Crippen MR) is 122 cm³/mol. The van der Waals surface area contributed by atoms with Crippen LogP contribution >= 0.6 is 0 Å². The number of benzene rings is 1. The van der Waals surface area contributed by atoms with Crippen LogP contribution in [0.2, 0.25) is 0 Å². The molecular weight excluding hydrogens is 374 g/mol. The highest BCUT2D eigenvalue weighted by Gasteiger charge is 2.48. The first-order valence-electron chi connectivity index (χ1n) is 11.8. The molecule has 168 valence electrons. The maximum Gasteiger partial charge on any atom is 0.410 e. The molecular formula is C26H41NO3. The van der Waals surface area contributed by atoms with Crippen LogP contribution in [0.25, 0.3) is 0 Å². The Morgan fingerprint density at radius 1 is 1.23 bits per heavy atom. The molecule has 1 heterocycles. The molecule has 0 radical (unpaired) electrons. The van der Waals surface area contributed by atoms with E-state index < -0.39 is 11.2 Å². The van der Waals surface area contributed by atoms with Gasteiger partial charge in [0.05, 0.1) is 5.60 Å². The summed E-state index contributed by atoms with van der Waals surface area (Å²) in [5.74, 6) is 0.401. The lowest BCUT2D eigenvalue weighted by Crippen LogP contribution is -2.45. The summed E-state index contributed by atoms with van der Waals surface area (Å²) in [5, 5.41) is 10.7. The van der Waals surface area contributed by atoms with Gasteiger partial charge in [0.25, 0.3) is 0 Å². The molecule has 1 saturated carbocycles. The number of aliphatic hydroxyl groups is 1. The zero-order valence-electron chi connectivity index (χ0n) is 19.9. The second kappa shape index (κ2) is 8.53. The van der Waals surface area contributed by atoms with Crippen LogP contribution in [0.15, 0.2) is 18.2 Å². The van der Waals surface area contributed by atoms with E-state index in [0.29, 0.717) is 5.92 Å². The number of nitrogens with zero attached hydrogens (tertiary/aromatic N) is 1. The van der Waals surface area contributed by atoms with Gasteiger partial charge in [0, 0.05) is 18.5 Å². The number of hydrogen-bond donors (Lipinski definition) is 1. The Bertz CT molecular complexity index is 752. The minimum Gasteiger partial charge on any atom is -0.444 e. The van der Waals surface area contributed by atoms with Crippen LogP contribution in [0.5, 0.6) is 0 Å². The van der Waals surface area contributed by atoms with Gasteiger partial charge in [0.15, 0.2) is 0 Å². The number of amides is 1. The maximum atomic E-state index is 12.7. The summed E-state index contributed by atoms with van der Waals surface area (Å²) in [6, 6.07) is 7.01. The lowest BCUT2D eigenvalue weighted by atomic mass is 9.59. The quantitative estimate of drug-likeness (QED) is 0.679. The normalized spacial score (nSPS) is 29.8. The van der Waals surface area contributed by atoms with E-state index in [1.165, 1.54) is 16.7 Å². The Morgan fingerprint density at radius 3 is 2.50 bits per heavy atom. The van der Waals surface area contributed by atoms with Gasteiger partial charge in [-0.2, -0.15) is 0 Å². The van der Waals surface area contributed by atoms with Gasteiger partial charge < -0.3 is 14.7 Å². The van der Waals surface area contributed by atoms with Crippen LogP contribution in [-0.2, 0) is 16.6 Å². The molecule has 0 spiro atoms. The van der Waals surface area contributed by atoms with E-state index in [2.05, 4.69) is 32.0 Å². The lowest BCUT2D eigenvalue weighted by molar-refractivity contribution is -0.0125. The third-order valence-corrected chi connectivity index (χ3v) is 7.28. The van der Waals surface area contributed by atoms with Crippen LogP contribution in [-0.4, -0.2) is 40.4 Å². The molecule has 0 aromatic heterocycles. The molecule has 4 heteroatoms. The molecule has 1 aromatic carbocycles. The Hall–Kier alpha value is -1.55. The molecule has 1 aliphatic heterocycles. The molecule has 1 amide bonds. The summed E-state index contributed by atoms with van der Waals surface area (Å²) in [7, 11) is 0. The average Bonchev–Trinajstić information content (AvgIpc) is 3.14. The first kappa shape index (κ1) is 23.1. The van der Waals surface area contributed by atoms with Gasteiger partial charge in [-0.3, -0.25) is 0 Å². The van der Waals surface area contributed by atoms with E-state index in [1.54, 1.807) is 0 Å². The van der Waals surface area contributed by atoms with Gasteiger partial charge in [0.1, 0.15) is 5.60 Å². The van der Waals surface area contributed by atoms with Crippen molar-refractivity contribution in [2.24, 2.45) is 5.92 Å². The van der Waals surface area contributed by atoms with Crippen molar-refractivity contribution in [2.45, 2.75) is 103 Å². The van der Waals surface area contributed by atoms with Gasteiger partial charge in [-0.1, -0.05) is 31.5 Å². The number of likely N-dealkylation sites (tertiary alicyclic amines) is 1.